The molecule has 0 bridgehead atoms. The molecule has 4 nitrogen and oxygen atoms in total. The summed E-state index contributed by atoms with van der Waals surface area (Å²) in [6.45, 7) is 1.68. The van der Waals surface area contributed by atoms with Crippen LogP contribution < -0.4 is 0 Å². The Kier molecular flexibility index (Phi) is 2.56. The molecule has 0 aliphatic rings. The van der Waals surface area contributed by atoms with Gasteiger partial charge in [-0.15, -0.1) is 0 Å². The Hall–Kier alpha value is -2.62. The molecule has 94 valence electrons. The van der Waals surface area contributed by atoms with Crippen molar-refractivity contribution < 1.29 is 14.3 Å². The highest BCUT2D eigenvalue weighted by molar-refractivity contribution is 5.89. The van der Waals surface area contributed by atoms with Crippen LogP contribution in [0.5, 0.6) is 0 Å². The molecule has 0 saturated carbocycles. The summed E-state index contributed by atoms with van der Waals surface area (Å²) in [4.78, 5) is 15.2. The Morgan fingerprint density at radius 1 is 1.21 bits per heavy atom. The minimum absolute atomic E-state index is 0.208. The zero-order chi connectivity index (χ0) is 13.4. The highest BCUT2D eigenvalue weighted by Crippen LogP contribution is 2.27. The second kappa shape index (κ2) is 4.24. The van der Waals surface area contributed by atoms with E-state index < -0.39 is 5.97 Å². The lowest BCUT2D eigenvalue weighted by Crippen LogP contribution is -2.01. The highest BCUT2D eigenvalue weighted by atomic mass is 16.4. The average molecular weight is 253 g/mol. The number of hydrogen-bond acceptors (Lipinski definition) is 3. The van der Waals surface area contributed by atoms with Gasteiger partial charge in [0.2, 0.25) is 0 Å². The normalized spacial score (nSPS) is 10.8. The van der Waals surface area contributed by atoms with E-state index in [-0.39, 0.29) is 5.56 Å². The Labute approximate surface area is 109 Å². The number of para-hydroxylation sites is 1. The largest absolute Gasteiger partial charge is 0.478 e. The van der Waals surface area contributed by atoms with Crippen molar-refractivity contribution in [2.75, 3.05) is 0 Å². The van der Waals surface area contributed by atoms with Gasteiger partial charge in [-0.25, -0.2) is 9.78 Å². The van der Waals surface area contributed by atoms with E-state index in [0.29, 0.717) is 17.1 Å². The van der Waals surface area contributed by atoms with Gasteiger partial charge in [0.25, 0.3) is 0 Å². The molecule has 2 aromatic heterocycles. The lowest BCUT2D eigenvalue weighted by molar-refractivity contribution is 0.0695. The van der Waals surface area contributed by atoms with Crippen LogP contribution in [-0.2, 0) is 0 Å². The van der Waals surface area contributed by atoms with Crippen LogP contribution >= 0.6 is 0 Å². The molecule has 3 aromatic rings. The molecule has 1 aromatic carbocycles. The van der Waals surface area contributed by atoms with Gasteiger partial charge in [0.1, 0.15) is 11.3 Å². The van der Waals surface area contributed by atoms with Crippen molar-refractivity contribution in [2.24, 2.45) is 0 Å². The van der Waals surface area contributed by atoms with Crippen LogP contribution in [-0.4, -0.2) is 16.1 Å². The number of aryl methyl sites for hydroxylation is 1. The molecule has 0 fully saturated rings. The van der Waals surface area contributed by atoms with Crippen molar-refractivity contribution in [2.45, 2.75) is 6.92 Å². The van der Waals surface area contributed by atoms with Crippen LogP contribution in [0.1, 0.15) is 16.1 Å². The number of aromatic nitrogens is 1. The van der Waals surface area contributed by atoms with E-state index in [4.69, 9.17) is 9.52 Å². The van der Waals surface area contributed by atoms with Gasteiger partial charge in [0.05, 0.1) is 11.3 Å². The Balaban J connectivity index is 2.11. The van der Waals surface area contributed by atoms with Gasteiger partial charge < -0.3 is 9.52 Å². The van der Waals surface area contributed by atoms with Crippen LogP contribution in [0.4, 0.5) is 0 Å². The molecule has 19 heavy (non-hydrogen) atoms. The number of hydrogen-bond donors (Lipinski definition) is 1. The minimum atomic E-state index is -0.971. The van der Waals surface area contributed by atoms with Crippen molar-refractivity contribution in [3.8, 4) is 11.5 Å². The molecule has 4 heteroatoms. The number of benzene rings is 1. The van der Waals surface area contributed by atoms with E-state index in [9.17, 15) is 4.79 Å². The van der Waals surface area contributed by atoms with E-state index >= 15 is 0 Å². The number of carboxylic acids is 1. The van der Waals surface area contributed by atoms with Crippen LogP contribution in [0.3, 0.4) is 0 Å². The molecule has 0 spiro atoms. The molecular formula is C15H11NO3. The van der Waals surface area contributed by atoms with E-state index in [1.165, 1.54) is 0 Å². The van der Waals surface area contributed by atoms with Gasteiger partial charge in [0, 0.05) is 5.39 Å². The summed E-state index contributed by atoms with van der Waals surface area (Å²) in [5.74, 6) is -0.331. The highest BCUT2D eigenvalue weighted by Gasteiger charge is 2.12. The molecule has 0 amide bonds. The predicted molar refractivity (Wildman–Crippen MR) is 71.1 cm³/mol. The Morgan fingerprint density at radius 2 is 2.00 bits per heavy atom. The molecular weight excluding hydrogens is 242 g/mol. The second-order valence-electron chi connectivity index (χ2n) is 4.28. The molecule has 0 saturated heterocycles. The van der Waals surface area contributed by atoms with Crippen molar-refractivity contribution in [1.29, 1.82) is 0 Å². The Bertz CT molecular complexity index is 741. The maximum atomic E-state index is 10.9. The number of pyridine rings is 1. The molecule has 0 aliphatic carbocycles. The number of carboxylic acid groups (broad SMARTS) is 1. The number of fused-ring (bicyclic) bond motifs is 1. The quantitative estimate of drug-likeness (QED) is 0.759. The van der Waals surface area contributed by atoms with Crippen LogP contribution in [0.2, 0.25) is 0 Å². The zero-order valence-electron chi connectivity index (χ0n) is 10.3. The molecule has 1 N–H and O–H groups in total. The molecule has 0 aliphatic heterocycles. The maximum absolute atomic E-state index is 10.9. The maximum Gasteiger partial charge on any atom is 0.337 e. The molecule has 3 rings (SSSR count). The third-order valence-corrected chi connectivity index (χ3v) is 2.99. The van der Waals surface area contributed by atoms with Gasteiger partial charge in [-0.05, 0) is 31.2 Å². The van der Waals surface area contributed by atoms with Crippen molar-refractivity contribution in [1.82, 2.24) is 4.98 Å². The summed E-state index contributed by atoms with van der Waals surface area (Å²) in [7, 11) is 0. The van der Waals surface area contributed by atoms with Crippen molar-refractivity contribution in [3.63, 3.8) is 0 Å². The lowest BCUT2D eigenvalue weighted by Gasteiger charge is -2.01. The fraction of sp³-hybridized carbons (Fsp3) is 0.0667. The van der Waals surface area contributed by atoms with Crippen LogP contribution in [0.25, 0.3) is 22.4 Å². The molecule has 0 atom stereocenters. The minimum Gasteiger partial charge on any atom is -0.478 e. The number of furan rings is 1. The van der Waals surface area contributed by atoms with Gasteiger partial charge in [-0.1, -0.05) is 18.2 Å². The first-order valence-electron chi connectivity index (χ1n) is 5.85. The third kappa shape index (κ3) is 1.97. The van der Waals surface area contributed by atoms with Gasteiger partial charge in [-0.2, -0.15) is 0 Å². The molecule has 0 radical (unpaired) electrons. The van der Waals surface area contributed by atoms with E-state index in [1.54, 1.807) is 19.1 Å². The summed E-state index contributed by atoms with van der Waals surface area (Å²) >= 11 is 0. The smallest absolute Gasteiger partial charge is 0.337 e. The topological polar surface area (TPSA) is 63.3 Å². The predicted octanol–water partition coefficient (Wildman–Crippen LogP) is 3.50. The lowest BCUT2D eigenvalue weighted by atomic mass is 10.1. The average Bonchev–Trinajstić information content (AvgIpc) is 2.81. The summed E-state index contributed by atoms with van der Waals surface area (Å²) in [5.41, 5.74) is 2.11. The summed E-state index contributed by atoms with van der Waals surface area (Å²) in [6, 6.07) is 12.8. The van der Waals surface area contributed by atoms with E-state index in [1.807, 2.05) is 30.3 Å². The van der Waals surface area contributed by atoms with Crippen molar-refractivity contribution in [3.05, 3.63) is 53.7 Å². The molecule has 2 heterocycles. The fourth-order valence-electron chi connectivity index (χ4n) is 2.03. The fourth-order valence-corrected chi connectivity index (χ4v) is 2.03. The standard InChI is InChI=1S/C15H11NO3/c1-9-11(15(17)18)6-7-12(16-9)14-8-10-4-2-3-5-13(10)19-14/h2-8H,1H3,(H,17,18). The number of aromatic carboxylic acids is 1. The van der Waals surface area contributed by atoms with Crippen LogP contribution in [0.15, 0.2) is 46.9 Å². The molecule has 0 unspecified atom stereocenters. The summed E-state index contributed by atoms with van der Waals surface area (Å²) < 4.78 is 5.70. The number of rotatable bonds is 2. The zero-order valence-corrected chi connectivity index (χ0v) is 10.3. The van der Waals surface area contributed by atoms with Crippen molar-refractivity contribution >= 4 is 16.9 Å². The first-order chi connectivity index (χ1) is 9.15. The van der Waals surface area contributed by atoms with Gasteiger partial charge >= 0.3 is 5.97 Å². The van der Waals surface area contributed by atoms with Gasteiger partial charge in [-0.3, -0.25) is 0 Å². The first-order valence-corrected chi connectivity index (χ1v) is 5.85. The summed E-state index contributed by atoms with van der Waals surface area (Å²) in [5, 5.41) is 9.98. The van der Waals surface area contributed by atoms with E-state index in [2.05, 4.69) is 4.98 Å². The van der Waals surface area contributed by atoms with E-state index in [0.717, 1.165) is 11.0 Å². The second-order valence-corrected chi connectivity index (χ2v) is 4.28. The Morgan fingerprint density at radius 3 is 2.68 bits per heavy atom. The first kappa shape index (κ1) is 11.5. The summed E-state index contributed by atoms with van der Waals surface area (Å²) in [6.07, 6.45) is 0. The van der Waals surface area contributed by atoms with Gasteiger partial charge in [0.15, 0.2) is 5.76 Å². The number of nitrogens with zero attached hydrogens (tertiary/aromatic N) is 1. The van der Waals surface area contributed by atoms with Crippen LogP contribution in [0, 0.1) is 6.92 Å². The number of carbonyl (C=O) groups is 1. The monoisotopic (exact) mass is 253 g/mol. The third-order valence-electron chi connectivity index (χ3n) is 2.99. The SMILES string of the molecule is Cc1nc(-c2cc3ccccc3o2)ccc1C(=O)O.